The molecule has 0 saturated carbocycles. The molecule has 0 aromatic carbocycles. The Morgan fingerprint density at radius 1 is 1.60 bits per heavy atom. The molecule has 86 valence electrons. The lowest BCUT2D eigenvalue weighted by Crippen LogP contribution is -2.29. The zero-order chi connectivity index (χ0) is 11.5. The van der Waals surface area contributed by atoms with E-state index in [4.69, 9.17) is 5.73 Å². The quantitative estimate of drug-likeness (QED) is 0.756. The van der Waals surface area contributed by atoms with E-state index >= 15 is 0 Å². The number of sulfone groups is 1. The molecule has 0 bridgehead atoms. The average Bonchev–Trinajstić information content (AvgIpc) is 2.60. The summed E-state index contributed by atoms with van der Waals surface area (Å²) in [6, 6.07) is 1.82. The van der Waals surface area contributed by atoms with Crippen molar-refractivity contribution in [1.82, 2.24) is 9.78 Å². The number of hydrogen-bond donors (Lipinski definition) is 1. The van der Waals surface area contributed by atoms with Crippen LogP contribution in [0.15, 0.2) is 12.3 Å². The third-order valence-corrected chi connectivity index (χ3v) is 4.70. The van der Waals surface area contributed by atoms with Crippen LogP contribution < -0.4 is 5.73 Å². The summed E-state index contributed by atoms with van der Waals surface area (Å²) in [6.07, 6.45) is 2.15. The molecule has 0 amide bonds. The molecule has 5 nitrogen and oxygen atoms in total. The van der Waals surface area contributed by atoms with Crippen molar-refractivity contribution >= 4 is 9.84 Å². The number of aromatic nitrogens is 2. The number of aryl methyl sites for hydroxylation is 2. The van der Waals surface area contributed by atoms with E-state index < -0.39 is 15.1 Å². The van der Waals surface area contributed by atoms with Crippen LogP contribution in [0.25, 0.3) is 0 Å². The first kappa shape index (κ1) is 12.2. The van der Waals surface area contributed by atoms with Crippen LogP contribution in [0.3, 0.4) is 0 Å². The predicted molar refractivity (Wildman–Crippen MR) is 59.2 cm³/mol. The van der Waals surface area contributed by atoms with Crippen LogP contribution in [0.5, 0.6) is 0 Å². The van der Waals surface area contributed by atoms with Crippen molar-refractivity contribution in [2.45, 2.75) is 18.6 Å². The zero-order valence-corrected chi connectivity index (χ0v) is 9.87. The summed E-state index contributed by atoms with van der Waals surface area (Å²) in [5, 5.41) is 3.51. The van der Waals surface area contributed by atoms with Crippen LogP contribution >= 0.6 is 0 Å². The molecule has 1 aromatic rings. The molecule has 1 heterocycles. The molecule has 0 radical (unpaired) electrons. The van der Waals surface area contributed by atoms with E-state index in [1.54, 1.807) is 24.9 Å². The smallest absolute Gasteiger partial charge is 0.154 e. The van der Waals surface area contributed by atoms with Crippen LogP contribution in [-0.2, 0) is 23.3 Å². The fraction of sp³-hybridized carbons (Fsp3) is 0.667. The topological polar surface area (TPSA) is 78.0 Å². The minimum absolute atomic E-state index is 0.130. The van der Waals surface area contributed by atoms with Crippen LogP contribution in [0.4, 0.5) is 0 Å². The summed E-state index contributed by atoms with van der Waals surface area (Å²) in [6.45, 7) is 1.81. The van der Waals surface area contributed by atoms with Crippen LogP contribution in [-0.4, -0.2) is 35.7 Å². The molecule has 0 aliphatic rings. The van der Waals surface area contributed by atoms with Crippen LogP contribution in [0.2, 0.25) is 0 Å². The first-order valence-corrected chi connectivity index (χ1v) is 6.57. The highest BCUT2D eigenvalue weighted by Gasteiger charge is 2.19. The van der Waals surface area contributed by atoms with Gasteiger partial charge in [-0.3, -0.25) is 4.68 Å². The maximum Gasteiger partial charge on any atom is 0.154 e. The average molecular weight is 231 g/mol. The van der Waals surface area contributed by atoms with Gasteiger partial charge in [-0.2, -0.15) is 5.10 Å². The molecule has 0 spiro atoms. The molecule has 0 saturated heterocycles. The number of hydrogen-bond acceptors (Lipinski definition) is 4. The monoisotopic (exact) mass is 231 g/mol. The van der Waals surface area contributed by atoms with Gasteiger partial charge in [0.15, 0.2) is 9.84 Å². The normalized spacial score (nSPS) is 14.1. The summed E-state index contributed by atoms with van der Waals surface area (Å²) in [7, 11) is -1.27. The maximum absolute atomic E-state index is 11.7. The fourth-order valence-electron chi connectivity index (χ4n) is 1.24. The van der Waals surface area contributed by atoms with E-state index in [0.717, 1.165) is 5.69 Å². The fourth-order valence-corrected chi connectivity index (χ4v) is 2.43. The van der Waals surface area contributed by atoms with Crippen molar-refractivity contribution in [3.63, 3.8) is 0 Å². The predicted octanol–water partition coefficient (Wildman–Crippen LogP) is -0.275. The van der Waals surface area contributed by atoms with Crippen molar-refractivity contribution in [2.75, 3.05) is 12.3 Å². The van der Waals surface area contributed by atoms with E-state index in [9.17, 15) is 8.42 Å². The van der Waals surface area contributed by atoms with Gasteiger partial charge in [-0.25, -0.2) is 8.42 Å². The Morgan fingerprint density at radius 2 is 2.27 bits per heavy atom. The van der Waals surface area contributed by atoms with Gasteiger partial charge in [0, 0.05) is 31.9 Å². The van der Waals surface area contributed by atoms with E-state index in [1.807, 2.05) is 6.07 Å². The second-order valence-electron chi connectivity index (χ2n) is 3.61. The van der Waals surface area contributed by atoms with Crippen molar-refractivity contribution in [2.24, 2.45) is 12.8 Å². The highest BCUT2D eigenvalue weighted by molar-refractivity contribution is 7.92. The van der Waals surface area contributed by atoms with Gasteiger partial charge >= 0.3 is 0 Å². The van der Waals surface area contributed by atoms with Crippen LogP contribution in [0, 0.1) is 0 Å². The molecule has 1 rings (SSSR count). The summed E-state index contributed by atoms with van der Waals surface area (Å²) in [4.78, 5) is 0. The molecule has 0 fully saturated rings. The SMILES string of the molecule is CC(CN)S(=O)(=O)CCc1ccnn1C. The first-order valence-electron chi connectivity index (χ1n) is 4.86. The van der Waals surface area contributed by atoms with Crippen LogP contribution in [0.1, 0.15) is 12.6 Å². The Kier molecular flexibility index (Phi) is 3.87. The number of rotatable bonds is 5. The Labute approximate surface area is 90.2 Å². The lowest BCUT2D eigenvalue weighted by Gasteiger charge is -2.10. The standard InChI is InChI=1S/C9H17N3O2S/c1-8(7-10)15(13,14)6-4-9-3-5-11-12(9)2/h3,5,8H,4,6-7,10H2,1-2H3. The third kappa shape index (κ3) is 3.04. The van der Waals surface area contributed by atoms with Gasteiger partial charge in [0.25, 0.3) is 0 Å². The molecule has 1 unspecified atom stereocenters. The summed E-state index contributed by atoms with van der Waals surface area (Å²) in [5.41, 5.74) is 6.26. The molecule has 6 heteroatoms. The maximum atomic E-state index is 11.7. The van der Waals surface area contributed by atoms with Gasteiger partial charge in [0.2, 0.25) is 0 Å². The summed E-state index contributed by atoms with van der Waals surface area (Å²) < 4.78 is 25.0. The van der Waals surface area contributed by atoms with Gasteiger partial charge in [0.05, 0.1) is 11.0 Å². The molecular weight excluding hydrogens is 214 g/mol. The highest BCUT2D eigenvalue weighted by Crippen LogP contribution is 2.05. The van der Waals surface area contributed by atoms with Gasteiger partial charge in [0.1, 0.15) is 0 Å². The molecular formula is C9H17N3O2S. The Hall–Kier alpha value is -0.880. The lowest BCUT2D eigenvalue weighted by atomic mass is 10.3. The van der Waals surface area contributed by atoms with E-state index in [-0.39, 0.29) is 12.3 Å². The molecule has 1 atom stereocenters. The van der Waals surface area contributed by atoms with E-state index in [0.29, 0.717) is 6.42 Å². The van der Waals surface area contributed by atoms with Crippen molar-refractivity contribution < 1.29 is 8.42 Å². The molecule has 1 aromatic heterocycles. The van der Waals surface area contributed by atoms with Gasteiger partial charge in [-0.05, 0) is 13.0 Å². The van der Waals surface area contributed by atoms with Crippen molar-refractivity contribution in [3.05, 3.63) is 18.0 Å². The zero-order valence-electron chi connectivity index (χ0n) is 9.05. The summed E-state index contributed by atoms with van der Waals surface area (Å²) in [5.74, 6) is 0.130. The van der Waals surface area contributed by atoms with Gasteiger partial charge < -0.3 is 5.73 Å². The number of nitrogens with two attached hydrogens (primary N) is 1. The second kappa shape index (κ2) is 4.76. The van der Waals surface area contributed by atoms with E-state index in [2.05, 4.69) is 5.10 Å². The van der Waals surface area contributed by atoms with Gasteiger partial charge in [-0.1, -0.05) is 0 Å². The molecule has 15 heavy (non-hydrogen) atoms. The molecule has 2 N–H and O–H groups in total. The largest absolute Gasteiger partial charge is 0.329 e. The Morgan fingerprint density at radius 3 is 2.73 bits per heavy atom. The summed E-state index contributed by atoms with van der Waals surface area (Å²) >= 11 is 0. The molecule has 0 aliphatic carbocycles. The third-order valence-electron chi connectivity index (χ3n) is 2.51. The first-order chi connectivity index (χ1) is 6.97. The second-order valence-corrected chi connectivity index (χ2v) is 6.15. The van der Waals surface area contributed by atoms with Gasteiger partial charge in [-0.15, -0.1) is 0 Å². The lowest BCUT2D eigenvalue weighted by molar-refractivity contribution is 0.581. The Bertz CT molecular complexity index is 411. The van der Waals surface area contributed by atoms with E-state index in [1.165, 1.54) is 0 Å². The molecule has 0 aliphatic heterocycles. The highest BCUT2D eigenvalue weighted by atomic mass is 32.2. The minimum Gasteiger partial charge on any atom is -0.329 e. The Balaban J connectivity index is 2.62. The van der Waals surface area contributed by atoms with Crippen molar-refractivity contribution in [3.8, 4) is 0 Å². The minimum atomic E-state index is -3.07. The number of nitrogens with zero attached hydrogens (tertiary/aromatic N) is 2. The van der Waals surface area contributed by atoms with Crippen molar-refractivity contribution in [1.29, 1.82) is 0 Å².